The number of hydrogen-bond acceptors (Lipinski definition) is 3. The van der Waals surface area contributed by atoms with E-state index in [9.17, 15) is 13.2 Å². The Morgan fingerprint density at radius 3 is 1.41 bits per heavy atom. The van der Waals surface area contributed by atoms with Crippen LogP contribution in [0.25, 0.3) is 0 Å². The molecule has 1 rings (SSSR count). The lowest BCUT2D eigenvalue weighted by Gasteiger charge is -2.08. The Morgan fingerprint density at radius 1 is 0.595 bits per heavy atom. The summed E-state index contributed by atoms with van der Waals surface area (Å²) in [5.74, 6) is -0.00770. The van der Waals surface area contributed by atoms with E-state index in [1.54, 1.807) is 12.1 Å². The summed E-state index contributed by atoms with van der Waals surface area (Å²) < 4.78 is 26.8. The zero-order chi connectivity index (χ0) is 27.0. The molecule has 5 nitrogen and oxygen atoms in total. The molecule has 0 saturated heterocycles. The Morgan fingerprint density at radius 2 is 1.00 bits per heavy atom. The van der Waals surface area contributed by atoms with Crippen molar-refractivity contribution in [2.75, 3.05) is 11.9 Å². The van der Waals surface area contributed by atoms with Crippen molar-refractivity contribution in [2.24, 2.45) is 0 Å². The molecule has 0 saturated carbocycles. The standard InChI is InChI=1S/C31H56N2O3S/c1-3-5-6-7-8-9-10-11-12-13-14-15-16-17-18-19-20-21-22-23-31(34)33-29-24-26-30(27-25-29)37(35,36)32-28-4-2/h24-27,32H,3-23,28H2,1-2H3,(H,33,34). The predicted octanol–water partition coefficient (Wildman–Crippen LogP) is 9.14. The number of hydrogen-bond donors (Lipinski definition) is 2. The second-order valence-corrected chi connectivity index (χ2v) is 12.4. The van der Waals surface area contributed by atoms with E-state index >= 15 is 0 Å². The van der Waals surface area contributed by atoms with E-state index in [0.717, 1.165) is 19.3 Å². The number of benzene rings is 1. The molecule has 1 aromatic carbocycles. The topological polar surface area (TPSA) is 75.3 Å². The van der Waals surface area contributed by atoms with E-state index in [-0.39, 0.29) is 10.8 Å². The summed E-state index contributed by atoms with van der Waals surface area (Å²) in [6.45, 7) is 4.62. The number of rotatable bonds is 25. The molecule has 0 aliphatic rings. The van der Waals surface area contributed by atoms with Crippen molar-refractivity contribution in [3.05, 3.63) is 24.3 Å². The average molecular weight is 537 g/mol. The maximum atomic E-state index is 12.2. The molecule has 0 atom stereocenters. The number of unbranched alkanes of at least 4 members (excludes halogenated alkanes) is 18. The highest BCUT2D eigenvalue weighted by Gasteiger charge is 2.13. The molecule has 1 aromatic rings. The first kappa shape index (κ1) is 33.6. The average Bonchev–Trinajstić information content (AvgIpc) is 2.89. The van der Waals surface area contributed by atoms with Crippen LogP contribution in [0.15, 0.2) is 29.2 Å². The highest BCUT2D eigenvalue weighted by molar-refractivity contribution is 7.89. The molecule has 2 N–H and O–H groups in total. The van der Waals surface area contributed by atoms with Gasteiger partial charge in [-0.1, -0.05) is 129 Å². The molecule has 37 heavy (non-hydrogen) atoms. The molecule has 214 valence electrons. The van der Waals surface area contributed by atoms with E-state index in [1.807, 2.05) is 6.92 Å². The van der Waals surface area contributed by atoms with Gasteiger partial charge in [0, 0.05) is 18.7 Å². The monoisotopic (exact) mass is 536 g/mol. The van der Waals surface area contributed by atoms with Crippen LogP contribution in [0.4, 0.5) is 5.69 Å². The fourth-order valence-corrected chi connectivity index (χ4v) is 5.76. The minimum atomic E-state index is -3.47. The molecule has 0 fully saturated rings. The molecule has 0 aliphatic heterocycles. The SMILES string of the molecule is CCCCCCCCCCCCCCCCCCCCCC(=O)Nc1ccc(S(=O)(=O)NCCC)cc1. The Bertz CT molecular complexity index is 778. The van der Waals surface area contributed by atoms with Crippen LogP contribution in [0.2, 0.25) is 0 Å². The smallest absolute Gasteiger partial charge is 0.240 e. The van der Waals surface area contributed by atoms with Gasteiger partial charge in [-0.05, 0) is 37.1 Å². The van der Waals surface area contributed by atoms with E-state index in [0.29, 0.717) is 18.7 Å². The highest BCUT2D eigenvalue weighted by Crippen LogP contribution is 2.16. The molecule has 0 spiro atoms. The number of carbonyl (C=O) groups excluding carboxylic acids is 1. The van der Waals surface area contributed by atoms with Gasteiger partial charge in [-0.15, -0.1) is 0 Å². The Kier molecular flexibility index (Phi) is 20.5. The lowest BCUT2D eigenvalue weighted by Crippen LogP contribution is -2.24. The van der Waals surface area contributed by atoms with Gasteiger partial charge in [0.25, 0.3) is 0 Å². The zero-order valence-electron chi connectivity index (χ0n) is 24.0. The Hall–Kier alpha value is -1.40. The minimum absolute atomic E-state index is 0.00770. The van der Waals surface area contributed by atoms with Gasteiger partial charge in [0.15, 0.2) is 0 Å². The summed E-state index contributed by atoms with van der Waals surface area (Å²) in [5, 5.41) is 2.87. The van der Waals surface area contributed by atoms with Gasteiger partial charge in [-0.2, -0.15) is 0 Å². The molecule has 6 heteroatoms. The Labute approximate surface area is 229 Å². The predicted molar refractivity (Wildman–Crippen MR) is 159 cm³/mol. The lowest BCUT2D eigenvalue weighted by atomic mass is 10.0. The third kappa shape index (κ3) is 18.5. The van der Waals surface area contributed by atoms with Gasteiger partial charge in [-0.3, -0.25) is 4.79 Å². The van der Waals surface area contributed by atoms with Gasteiger partial charge in [0.2, 0.25) is 15.9 Å². The van der Waals surface area contributed by atoms with Crippen LogP contribution in [0.5, 0.6) is 0 Å². The second kappa shape index (κ2) is 22.6. The van der Waals surface area contributed by atoms with E-state index < -0.39 is 10.0 Å². The molecule has 1 amide bonds. The third-order valence-corrected chi connectivity index (χ3v) is 8.47. The molecular formula is C31H56N2O3S. The number of anilines is 1. The maximum absolute atomic E-state index is 12.2. The normalized spacial score (nSPS) is 11.6. The number of sulfonamides is 1. The van der Waals surface area contributed by atoms with Crippen molar-refractivity contribution in [3.63, 3.8) is 0 Å². The number of nitrogens with one attached hydrogen (secondary N) is 2. The fourth-order valence-electron chi connectivity index (χ4n) is 4.62. The molecule has 0 aromatic heterocycles. The van der Waals surface area contributed by atoms with Crippen LogP contribution < -0.4 is 10.0 Å². The first-order chi connectivity index (χ1) is 18.0. The lowest BCUT2D eigenvalue weighted by molar-refractivity contribution is -0.116. The van der Waals surface area contributed by atoms with Crippen LogP contribution in [0.1, 0.15) is 149 Å². The molecule has 0 bridgehead atoms. The van der Waals surface area contributed by atoms with E-state index in [1.165, 1.54) is 121 Å². The summed E-state index contributed by atoms with van der Waals surface area (Å²) in [6.07, 6.45) is 26.7. The molecule has 0 heterocycles. The summed E-state index contributed by atoms with van der Waals surface area (Å²) in [6, 6.07) is 6.36. The first-order valence-corrected chi connectivity index (χ1v) is 16.9. The number of carbonyl (C=O) groups is 1. The molecule has 0 unspecified atom stereocenters. The van der Waals surface area contributed by atoms with Crippen molar-refractivity contribution < 1.29 is 13.2 Å². The summed E-state index contributed by atoms with van der Waals surface area (Å²) >= 11 is 0. The Balaban J connectivity index is 1.91. The van der Waals surface area contributed by atoms with Crippen molar-refractivity contribution in [2.45, 2.75) is 154 Å². The largest absolute Gasteiger partial charge is 0.326 e. The third-order valence-electron chi connectivity index (χ3n) is 7.00. The summed E-state index contributed by atoms with van der Waals surface area (Å²) in [5.41, 5.74) is 0.636. The van der Waals surface area contributed by atoms with Gasteiger partial charge in [0.05, 0.1) is 4.90 Å². The first-order valence-electron chi connectivity index (χ1n) is 15.4. The highest BCUT2D eigenvalue weighted by atomic mass is 32.2. The van der Waals surface area contributed by atoms with Crippen LogP contribution in [0.3, 0.4) is 0 Å². The second-order valence-electron chi connectivity index (χ2n) is 10.6. The van der Waals surface area contributed by atoms with Gasteiger partial charge >= 0.3 is 0 Å². The van der Waals surface area contributed by atoms with Gasteiger partial charge < -0.3 is 5.32 Å². The van der Waals surface area contributed by atoms with Crippen LogP contribution >= 0.6 is 0 Å². The van der Waals surface area contributed by atoms with E-state index in [2.05, 4.69) is 17.0 Å². The molecule has 0 aliphatic carbocycles. The van der Waals surface area contributed by atoms with Gasteiger partial charge in [-0.25, -0.2) is 13.1 Å². The summed E-state index contributed by atoms with van der Waals surface area (Å²) in [7, 11) is -3.47. The van der Waals surface area contributed by atoms with Crippen LogP contribution in [0, 0.1) is 0 Å². The van der Waals surface area contributed by atoms with Crippen molar-refractivity contribution >= 4 is 21.6 Å². The quantitative estimate of drug-likeness (QED) is 0.122. The van der Waals surface area contributed by atoms with Crippen LogP contribution in [-0.2, 0) is 14.8 Å². The van der Waals surface area contributed by atoms with Gasteiger partial charge in [0.1, 0.15) is 0 Å². The minimum Gasteiger partial charge on any atom is -0.326 e. The zero-order valence-corrected chi connectivity index (χ0v) is 24.8. The fraction of sp³-hybridized carbons (Fsp3) is 0.774. The van der Waals surface area contributed by atoms with Crippen molar-refractivity contribution in [1.82, 2.24) is 4.72 Å². The summed E-state index contributed by atoms with van der Waals surface area (Å²) in [4.78, 5) is 12.4. The van der Waals surface area contributed by atoms with Crippen molar-refractivity contribution in [1.29, 1.82) is 0 Å². The molecular weight excluding hydrogens is 480 g/mol. The van der Waals surface area contributed by atoms with Crippen molar-refractivity contribution in [3.8, 4) is 0 Å². The van der Waals surface area contributed by atoms with E-state index in [4.69, 9.17) is 0 Å². The van der Waals surface area contributed by atoms with Crippen LogP contribution in [-0.4, -0.2) is 20.9 Å². The maximum Gasteiger partial charge on any atom is 0.240 e. The number of amides is 1. The molecule has 0 radical (unpaired) electrons.